The normalized spacial score (nSPS) is 21.9. The SMILES string of the molecule is COC(=O)C1=C(C)NC2=C(C(=O)C[C@H](c3ccccc3)C2)[C@@H]1c1ccncc1. The van der Waals surface area contributed by atoms with E-state index in [1.807, 2.05) is 37.3 Å². The van der Waals surface area contributed by atoms with E-state index in [9.17, 15) is 9.59 Å². The van der Waals surface area contributed by atoms with Gasteiger partial charge in [0.25, 0.3) is 0 Å². The highest BCUT2D eigenvalue weighted by Crippen LogP contribution is 2.45. The first-order valence-electron chi connectivity index (χ1n) is 9.37. The molecule has 5 heteroatoms. The van der Waals surface area contributed by atoms with E-state index < -0.39 is 11.9 Å². The van der Waals surface area contributed by atoms with Crippen LogP contribution in [0.4, 0.5) is 0 Å². The molecule has 0 saturated heterocycles. The van der Waals surface area contributed by atoms with E-state index >= 15 is 0 Å². The topological polar surface area (TPSA) is 68.3 Å². The number of allylic oxidation sites excluding steroid dienone is 3. The van der Waals surface area contributed by atoms with E-state index in [4.69, 9.17) is 4.74 Å². The minimum absolute atomic E-state index is 0.0679. The molecule has 2 aromatic rings. The Morgan fingerprint density at radius 1 is 1.07 bits per heavy atom. The van der Waals surface area contributed by atoms with Crippen molar-refractivity contribution < 1.29 is 14.3 Å². The van der Waals surface area contributed by atoms with E-state index in [0.29, 0.717) is 17.6 Å². The molecule has 4 rings (SSSR count). The van der Waals surface area contributed by atoms with Crippen molar-refractivity contribution in [3.8, 4) is 0 Å². The Morgan fingerprint density at radius 3 is 2.46 bits per heavy atom. The second kappa shape index (κ2) is 7.43. The second-order valence-electron chi connectivity index (χ2n) is 7.20. The number of benzene rings is 1. The summed E-state index contributed by atoms with van der Waals surface area (Å²) >= 11 is 0. The number of rotatable bonds is 3. The van der Waals surface area contributed by atoms with Crippen LogP contribution in [0, 0.1) is 0 Å². The summed E-state index contributed by atoms with van der Waals surface area (Å²) in [5, 5.41) is 3.34. The van der Waals surface area contributed by atoms with Crippen molar-refractivity contribution in [3.63, 3.8) is 0 Å². The van der Waals surface area contributed by atoms with Crippen LogP contribution in [0.15, 0.2) is 77.4 Å². The van der Waals surface area contributed by atoms with E-state index in [-0.39, 0.29) is 11.7 Å². The predicted molar refractivity (Wildman–Crippen MR) is 105 cm³/mol. The Morgan fingerprint density at radius 2 is 1.79 bits per heavy atom. The van der Waals surface area contributed by atoms with Crippen LogP contribution in [0.3, 0.4) is 0 Å². The number of carbonyl (C=O) groups excluding carboxylic acids is 2. The summed E-state index contributed by atoms with van der Waals surface area (Å²) in [6.07, 6.45) is 4.53. The van der Waals surface area contributed by atoms with E-state index in [1.54, 1.807) is 12.4 Å². The Hall–Kier alpha value is -3.21. The van der Waals surface area contributed by atoms with E-state index in [1.165, 1.54) is 7.11 Å². The second-order valence-corrected chi connectivity index (χ2v) is 7.20. The maximum Gasteiger partial charge on any atom is 0.336 e. The lowest BCUT2D eigenvalue weighted by Gasteiger charge is -2.36. The minimum Gasteiger partial charge on any atom is -0.466 e. The molecule has 2 atom stereocenters. The fraction of sp³-hybridized carbons (Fsp3) is 0.261. The molecular weight excluding hydrogens is 352 g/mol. The summed E-state index contributed by atoms with van der Waals surface area (Å²) in [6.45, 7) is 1.86. The molecule has 0 bridgehead atoms. The van der Waals surface area contributed by atoms with Crippen LogP contribution in [0.25, 0.3) is 0 Å². The van der Waals surface area contributed by atoms with Crippen LogP contribution >= 0.6 is 0 Å². The zero-order valence-corrected chi connectivity index (χ0v) is 15.9. The number of hydrogen-bond donors (Lipinski definition) is 1. The van der Waals surface area contributed by atoms with Crippen LogP contribution < -0.4 is 5.32 Å². The van der Waals surface area contributed by atoms with Gasteiger partial charge in [0, 0.05) is 41.7 Å². The van der Waals surface area contributed by atoms with Crippen LogP contribution in [0.2, 0.25) is 0 Å². The Kier molecular flexibility index (Phi) is 4.82. The van der Waals surface area contributed by atoms with Gasteiger partial charge in [-0.3, -0.25) is 9.78 Å². The van der Waals surface area contributed by atoms with Gasteiger partial charge in [-0.15, -0.1) is 0 Å². The average molecular weight is 374 g/mol. The summed E-state index contributed by atoms with van der Waals surface area (Å²) in [4.78, 5) is 29.9. The number of carbonyl (C=O) groups is 2. The standard InChI is InChI=1S/C23H22N2O3/c1-14-20(23(27)28-2)21(16-8-10-24-11-9-16)22-18(25-14)12-17(13-19(22)26)15-6-4-3-5-7-15/h3-11,17,21,25H,12-13H2,1-2H3/t17-,21-/m1/s1. The van der Waals surface area contributed by atoms with Gasteiger partial charge in [-0.2, -0.15) is 0 Å². The number of esters is 1. The molecule has 1 aliphatic carbocycles. The third-order valence-electron chi connectivity index (χ3n) is 5.54. The summed E-state index contributed by atoms with van der Waals surface area (Å²) in [5.41, 5.74) is 4.81. The molecule has 0 unspecified atom stereocenters. The van der Waals surface area contributed by atoms with Gasteiger partial charge in [0.05, 0.1) is 12.7 Å². The van der Waals surface area contributed by atoms with Gasteiger partial charge in [0.15, 0.2) is 5.78 Å². The van der Waals surface area contributed by atoms with Gasteiger partial charge in [0.2, 0.25) is 0 Å². The third-order valence-corrected chi connectivity index (χ3v) is 5.54. The molecule has 2 heterocycles. The van der Waals surface area contributed by atoms with Crippen molar-refractivity contribution >= 4 is 11.8 Å². The van der Waals surface area contributed by atoms with Gasteiger partial charge in [0.1, 0.15) is 0 Å². The zero-order chi connectivity index (χ0) is 19.7. The van der Waals surface area contributed by atoms with Crippen LogP contribution in [0.5, 0.6) is 0 Å². The maximum absolute atomic E-state index is 13.3. The molecule has 5 nitrogen and oxygen atoms in total. The van der Waals surface area contributed by atoms with Crippen molar-refractivity contribution in [2.45, 2.75) is 31.6 Å². The minimum atomic E-state index is -0.434. The third kappa shape index (κ3) is 3.13. The molecule has 28 heavy (non-hydrogen) atoms. The molecule has 0 fully saturated rings. The number of pyridine rings is 1. The summed E-state index contributed by atoms with van der Waals surface area (Å²) in [6, 6.07) is 13.8. The number of ketones is 1. The van der Waals surface area contributed by atoms with Crippen molar-refractivity contribution in [1.82, 2.24) is 10.3 Å². The molecule has 0 spiro atoms. The number of Topliss-reactive ketones (excluding diaryl/α,β-unsaturated/α-hetero) is 1. The lowest BCUT2D eigenvalue weighted by atomic mass is 9.72. The number of nitrogens with zero attached hydrogens (tertiary/aromatic N) is 1. The van der Waals surface area contributed by atoms with Crippen molar-refractivity contribution in [1.29, 1.82) is 0 Å². The van der Waals surface area contributed by atoms with Crippen molar-refractivity contribution in [3.05, 3.63) is 88.5 Å². The molecule has 1 aromatic heterocycles. The first-order valence-corrected chi connectivity index (χ1v) is 9.37. The van der Waals surface area contributed by atoms with Crippen LogP contribution in [0.1, 0.15) is 42.7 Å². The summed E-state index contributed by atoms with van der Waals surface area (Å²) in [7, 11) is 1.37. The number of nitrogens with one attached hydrogen (secondary N) is 1. The zero-order valence-electron chi connectivity index (χ0n) is 15.9. The first-order chi connectivity index (χ1) is 13.6. The Labute approximate surface area is 164 Å². The first kappa shape index (κ1) is 18.2. The molecular formula is C23H22N2O3. The lowest BCUT2D eigenvalue weighted by molar-refractivity contribution is -0.136. The molecule has 0 saturated carbocycles. The molecule has 1 N–H and O–H groups in total. The number of aromatic nitrogens is 1. The van der Waals surface area contributed by atoms with Gasteiger partial charge >= 0.3 is 5.97 Å². The largest absolute Gasteiger partial charge is 0.466 e. The van der Waals surface area contributed by atoms with Crippen LogP contribution in [-0.2, 0) is 14.3 Å². The van der Waals surface area contributed by atoms with Crippen molar-refractivity contribution in [2.24, 2.45) is 0 Å². The highest BCUT2D eigenvalue weighted by Gasteiger charge is 2.41. The van der Waals surface area contributed by atoms with Gasteiger partial charge < -0.3 is 10.1 Å². The number of dihydropyridines is 1. The quantitative estimate of drug-likeness (QED) is 0.831. The van der Waals surface area contributed by atoms with Crippen molar-refractivity contribution in [2.75, 3.05) is 7.11 Å². The number of hydrogen-bond acceptors (Lipinski definition) is 5. The monoisotopic (exact) mass is 374 g/mol. The van der Waals surface area contributed by atoms with E-state index in [0.717, 1.165) is 28.9 Å². The molecule has 1 aromatic carbocycles. The Balaban J connectivity index is 1.81. The molecule has 2 aliphatic rings. The fourth-order valence-corrected chi connectivity index (χ4v) is 4.27. The predicted octanol–water partition coefficient (Wildman–Crippen LogP) is 3.62. The van der Waals surface area contributed by atoms with Crippen LogP contribution in [-0.4, -0.2) is 23.8 Å². The molecule has 1 aliphatic heterocycles. The lowest BCUT2D eigenvalue weighted by Crippen LogP contribution is -2.36. The van der Waals surface area contributed by atoms with Gasteiger partial charge in [-0.25, -0.2) is 4.79 Å². The Bertz CT molecular complexity index is 977. The summed E-state index contributed by atoms with van der Waals surface area (Å²) < 4.78 is 5.03. The molecule has 0 radical (unpaired) electrons. The molecule has 142 valence electrons. The smallest absolute Gasteiger partial charge is 0.336 e. The average Bonchev–Trinajstić information content (AvgIpc) is 2.73. The highest BCUT2D eigenvalue weighted by atomic mass is 16.5. The number of methoxy groups -OCH3 is 1. The fourth-order valence-electron chi connectivity index (χ4n) is 4.27. The van der Waals surface area contributed by atoms with Gasteiger partial charge in [-0.1, -0.05) is 30.3 Å². The van der Waals surface area contributed by atoms with E-state index in [2.05, 4.69) is 22.4 Å². The maximum atomic E-state index is 13.3. The summed E-state index contributed by atoms with van der Waals surface area (Å²) in [5.74, 6) is -0.656. The highest BCUT2D eigenvalue weighted by molar-refractivity contribution is 6.04. The van der Waals surface area contributed by atoms with Gasteiger partial charge in [-0.05, 0) is 42.5 Å². The number of ether oxygens (including phenoxy) is 1. The molecule has 0 amide bonds.